The molecule has 0 bridgehead atoms. The number of non-ortho nitro benzene ring substituents is 1. The summed E-state index contributed by atoms with van der Waals surface area (Å²) in [6.07, 6.45) is 2.93. The molecule has 0 fully saturated rings. The van der Waals surface area contributed by atoms with Gasteiger partial charge in [-0.15, -0.1) is 0 Å². The first-order valence-electron chi connectivity index (χ1n) is 9.44. The lowest BCUT2D eigenvalue weighted by Gasteiger charge is -2.11. The van der Waals surface area contributed by atoms with Crippen molar-refractivity contribution in [2.75, 3.05) is 20.7 Å². The van der Waals surface area contributed by atoms with Gasteiger partial charge in [-0.25, -0.2) is 0 Å². The van der Waals surface area contributed by atoms with Gasteiger partial charge >= 0.3 is 0 Å². The van der Waals surface area contributed by atoms with Gasteiger partial charge in [0.2, 0.25) is 0 Å². The number of furan rings is 1. The number of nitrogens with zero attached hydrogens (tertiary/aromatic N) is 2. The minimum Gasteiger partial charge on any atom is -0.484 e. The van der Waals surface area contributed by atoms with Gasteiger partial charge in [-0.05, 0) is 70.5 Å². The number of nitro groups is 1. The topological polar surface area (TPSA) is 103 Å². The number of amides is 1. The van der Waals surface area contributed by atoms with Gasteiger partial charge in [0.05, 0.1) is 4.92 Å². The van der Waals surface area contributed by atoms with Crippen molar-refractivity contribution < 1.29 is 23.7 Å². The summed E-state index contributed by atoms with van der Waals surface area (Å²) in [6, 6.07) is 14.3. The Morgan fingerprint density at radius 3 is 2.47 bits per heavy atom. The van der Waals surface area contributed by atoms with Crippen molar-refractivity contribution in [2.24, 2.45) is 0 Å². The lowest BCUT2D eigenvalue weighted by molar-refractivity contribution is -0.384. The lowest BCUT2D eigenvalue weighted by atomic mass is 10.1. The third kappa shape index (κ3) is 5.70. The molecule has 32 heavy (non-hydrogen) atoms. The normalized spacial score (nSPS) is 10.8. The molecule has 0 N–H and O–H groups in total. The highest BCUT2D eigenvalue weighted by atomic mass is 79.9. The third-order valence-corrected chi connectivity index (χ3v) is 5.11. The van der Waals surface area contributed by atoms with Crippen LogP contribution >= 0.6 is 15.9 Å². The fourth-order valence-electron chi connectivity index (χ4n) is 2.65. The SMILES string of the molecule is CN(C)C(=O)COc1ccc(C(=O)/C=C/c2ccc(-c3ccc([N+](=O)[O-])cc3Br)o2)cc1. The van der Waals surface area contributed by atoms with E-state index in [1.807, 2.05) is 0 Å². The van der Waals surface area contributed by atoms with Crippen molar-refractivity contribution in [3.63, 3.8) is 0 Å². The highest BCUT2D eigenvalue weighted by Crippen LogP contribution is 2.32. The molecule has 0 spiro atoms. The third-order valence-electron chi connectivity index (χ3n) is 4.45. The smallest absolute Gasteiger partial charge is 0.270 e. The Labute approximate surface area is 192 Å². The fourth-order valence-corrected chi connectivity index (χ4v) is 3.21. The summed E-state index contributed by atoms with van der Waals surface area (Å²) in [4.78, 5) is 35.8. The maximum absolute atomic E-state index is 12.4. The second kappa shape index (κ2) is 10.1. The van der Waals surface area contributed by atoms with Gasteiger partial charge < -0.3 is 14.1 Å². The molecule has 3 rings (SSSR count). The molecule has 1 heterocycles. The maximum Gasteiger partial charge on any atom is 0.270 e. The number of carbonyl (C=O) groups excluding carboxylic acids is 2. The van der Waals surface area contributed by atoms with E-state index >= 15 is 0 Å². The summed E-state index contributed by atoms with van der Waals surface area (Å²) in [5, 5.41) is 10.9. The van der Waals surface area contributed by atoms with Crippen molar-refractivity contribution in [3.8, 4) is 17.1 Å². The van der Waals surface area contributed by atoms with E-state index in [1.54, 1.807) is 62.6 Å². The van der Waals surface area contributed by atoms with Crippen LogP contribution in [0.1, 0.15) is 16.1 Å². The molecule has 164 valence electrons. The van der Waals surface area contributed by atoms with Crippen LogP contribution in [0, 0.1) is 10.1 Å². The number of carbonyl (C=O) groups is 2. The van der Waals surface area contributed by atoms with E-state index in [0.717, 1.165) is 0 Å². The average Bonchev–Trinajstić information content (AvgIpc) is 3.24. The lowest BCUT2D eigenvalue weighted by Crippen LogP contribution is -2.27. The van der Waals surface area contributed by atoms with E-state index < -0.39 is 4.92 Å². The standard InChI is InChI=1S/C23H19BrN2O6/c1-25(2)23(28)14-31-17-6-3-15(4-7-17)21(27)11-8-18-9-12-22(32-18)19-10-5-16(26(29)30)13-20(19)24/h3-13H,14H2,1-2H3/b11-8+. The summed E-state index contributed by atoms with van der Waals surface area (Å²) in [7, 11) is 3.29. The zero-order valence-electron chi connectivity index (χ0n) is 17.3. The molecule has 3 aromatic rings. The molecule has 0 saturated carbocycles. The Hall–Kier alpha value is -3.72. The van der Waals surface area contributed by atoms with E-state index in [4.69, 9.17) is 9.15 Å². The van der Waals surface area contributed by atoms with Gasteiger partial charge in [0.1, 0.15) is 17.3 Å². The first-order valence-corrected chi connectivity index (χ1v) is 10.2. The predicted octanol–water partition coefficient (Wildman–Crippen LogP) is 4.98. The minimum atomic E-state index is -0.474. The molecule has 2 aromatic carbocycles. The van der Waals surface area contributed by atoms with Gasteiger partial charge in [0.15, 0.2) is 12.4 Å². The molecule has 0 saturated heterocycles. The number of likely N-dealkylation sites (N-methyl/N-ethyl adjacent to an activating group) is 1. The summed E-state index contributed by atoms with van der Waals surface area (Å²) in [5.74, 6) is 1.07. The highest BCUT2D eigenvalue weighted by molar-refractivity contribution is 9.10. The number of nitro benzene ring substituents is 1. The summed E-state index contributed by atoms with van der Waals surface area (Å²) >= 11 is 3.32. The molecule has 0 aliphatic heterocycles. The molecule has 0 radical (unpaired) electrons. The van der Waals surface area contributed by atoms with Crippen LogP contribution < -0.4 is 4.74 Å². The molecule has 8 nitrogen and oxygen atoms in total. The summed E-state index contributed by atoms with van der Waals surface area (Å²) in [5.41, 5.74) is 1.08. The molecule has 9 heteroatoms. The number of hydrogen-bond acceptors (Lipinski definition) is 6. The van der Waals surface area contributed by atoms with Crippen LogP contribution in [0.2, 0.25) is 0 Å². The van der Waals surface area contributed by atoms with E-state index in [2.05, 4.69) is 15.9 Å². The molecule has 0 atom stereocenters. The van der Waals surface area contributed by atoms with Crippen LogP contribution in [0.5, 0.6) is 5.75 Å². The molecule has 0 aliphatic carbocycles. The number of ketones is 1. The average molecular weight is 499 g/mol. The Kier molecular flexibility index (Phi) is 7.21. The quantitative estimate of drug-likeness (QED) is 0.188. The predicted molar refractivity (Wildman–Crippen MR) is 122 cm³/mol. The zero-order chi connectivity index (χ0) is 23.3. The van der Waals surface area contributed by atoms with Gasteiger partial charge in [0, 0.05) is 41.8 Å². The van der Waals surface area contributed by atoms with E-state index in [0.29, 0.717) is 32.9 Å². The van der Waals surface area contributed by atoms with Crippen molar-refractivity contribution in [3.05, 3.63) is 86.6 Å². The second-order valence-corrected chi connectivity index (χ2v) is 7.78. The van der Waals surface area contributed by atoms with Crippen molar-refractivity contribution in [2.45, 2.75) is 0 Å². The van der Waals surface area contributed by atoms with Crippen molar-refractivity contribution in [1.82, 2.24) is 4.90 Å². The number of ether oxygens (including phenoxy) is 1. The van der Waals surface area contributed by atoms with Crippen LogP contribution in [0.3, 0.4) is 0 Å². The molecule has 0 unspecified atom stereocenters. The fraction of sp³-hybridized carbons (Fsp3) is 0.130. The minimum absolute atomic E-state index is 0.0291. The zero-order valence-corrected chi connectivity index (χ0v) is 18.9. The van der Waals surface area contributed by atoms with Crippen molar-refractivity contribution in [1.29, 1.82) is 0 Å². The molecular formula is C23H19BrN2O6. The van der Waals surface area contributed by atoms with Gasteiger partial charge in [0.25, 0.3) is 11.6 Å². The maximum atomic E-state index is 12.4. The summed E-state index contributed by atoms with van der Waals surface area (Å²) in [6.45, 7) is -0.0775. The molecule has 1 amide bonds. The Morgan fingerprint density at radius 1 is 1.12 bits per heavy atom. The molecule has 1 aromatic heterocycles. The number of benzene rings is 2. The second-order valence-electron chi connectivity index (χ2n) is 6.92. The van der Waals surface area contributed by atoms with Gasteiger partial charge in [-0.1, -0.05) is 0 Å². The van der Waals surface area contributed by atoms with E-state index in [-0.39, 0.29) is 24.0 Å². The Balaban J connectivity index is 1.65. The van der Waals surface area contributed by atoms with Crippen molar-refractivity contribution >= 4 is 39.4 Å². The van der Waals surface area contributed by atoms with Crippen LogP contribution in [-0.2, 0) is 4.79 Å². The monoisotopic (exact) mass is 498 g/mol. The number of hydrogen-bond donors (Lipinski definition) is 0. The van der Waals surface area contributed by atoms with Crippen LogP contribution in [-0.4, -0.2) is 42.2 Å². The number of halogens is 1. The highest BCUT2D eigenvalue weighted by Gasteiger charge is 2.13. The first kappa shape index (κ1) is 23.0. The Bertz CT molecular complexity index is 1180. The largest absolute Gasteiger partial charge is 0.484 e. The van der Waals surface area contributed by atoms with Gasteiger partial charge in [-0.2, -0.15) is 0 Å². The first-order chi connectivity index (χ1) is 15.2. The van der Waals surface area contributed by atoms with Crippen LogP contribution in [0.4, 0.5) is 5.69 Å². The van der Waals surface area contributed by atoms with Gasteiger partial charge in [-0.3, -0.25) is 19.7 Å². The number of rotatable bonds is 8. The number of allylic oxidation sites excluding steroid dienone is 1. The summed E-state index contributed by atoms with van der Waals surface area (Å²) < 4.78 is 11.7. The molecule has 0 aliphatic rings. The van der Waals surface area contributed by atoms with Crippen LogP contribution in [0.25, 0.3) is 17.4 Å². The van der Waals surface area contributed by atoms with Crippen LogP contribution in [0.15, 0.2) is 69.6 Å². The Morgan fingerprint density at radius 2 is 1.84 bits per heavy atom. The molecular weight excluding hydrogens is 480 g/mol. The van der Waals surface area contributed by atoms with E-state index in [1.165, 1.54) is 23.1 Å². The van der Waals surface area contributed by atoms with E-state index in [9.17, 15) is 19.7 Å².